The number of piperidine rings is 1. The van der Waals surface area contributed by atoms with Crippen LogP contribution >= 0.6 is 0 Å². The Hall–Kier alpha value is -1.58. The monoisotopic (exact) mass is 247 g/mol. The molecule has 0 atom stereocenters. The predicted octanol–water partition coefficient (Wildman–Crippen LogP) is 2.39. The number of likely N-dealkylation sites (tertiary alicyclic amines) is 1. The Bertz CT molecular complexity index is 394. The molecule has 0 saturated carbocycles. The molecular weight excluding hydrogens is 226 g/mol. The van der Waals surface area contributed by atoms with Crippen molar-refractivity contribution in [1.82, 2.24) is 9.88 Å². The summed E-state index contributed by atoms with van der Waals surface area (Å²) in [7, 11) is 0. The maximum atomic E-state index is 12.2. The van der Waals surface area contributed by atoms with Gasteiger partial charge in [0.1, 0.15) is 5.69 Å². The summed E-state index contributed by atoms with van der Waals surface area (Å²) in [6.45, 7) is 6.85. The number of carbonyl (C=O) groups excluding carboxylic acids is 1. The molecule has 0 radical (unpaired) electrons. The van der Waals surface area contributed by atoms with Gasteiger partial charge in [-0.25, -0.2) is 4.98 Å². The van der Waals surface area contributed by atoms with E-state index < -0.39 is 0 Å². The Morgan fingerprint density at radius 2 is 2.17 bits per heavy atom. The van der Waals surface area contributed by atoms with Crippen molar-refractivity contribution in [2.75, 3.05) is 25.0 Å². The van der Waals surface area contributed by atoms with Crippen LogP contribution in [0.2, 0.25) is 0 Å². The quantitative estimate of drug-likeness (QED) is 0.892. The Morgan fingerprint density at radius 3 is 2.72 bits per heavy atom. The highest BCUT2D eigenvalue weighted by Crippen LogP contribution is 2.18. The van der Waals surface area contributed by atoms with Gasteiger partial charge in [-0.15, -0.1) is 0 Å². The number of nitrogens with zero attached hydrogens (tertiary/aromatic N) is 2. The first-order valence-corrected chi connectivity index (χ1v) is 6.70. The Labute approximate surface area is 108 Å². The maximum absolute atomic E-state index is 12.2. The van der Waals surface area contributed by atoms with E-state index in [1.54, 1.807) is 12.3 Å². The molecule has 2 rings (SSSR count). The van der Waals surface area contributed by atoms with Gasteiger partial charge in [0.25, 0.3) is 5.91 Å². The van der Waals surface area contributed by atoms with Gasteiger partial charge >= 0.3 is 0 Å². The number of pyridine rings is 1. The van der Waals surface area contributed by atoms with Crippen molar-refractivity contribution < 1.29 is 4.79 Å². The molecule has 98 valence electrons. The molecule has 18 heavy (non-hydrogen) atoms. The number of anilines is 1. The molecule has 1 aromatic rings. The third kappa shape index (κ3) is 3.00. The predicted molar refractivity (Wildman–Crippen MR) is 72.7 cm³/mol. The fourth-order valence-electron chi connectivity index (χ4n) is 2.20. The van der Waals surface area contributed by atoms with Crippen molar-refractivity contribution in [3.63, 3.8) is 0 Å². The number of nitrogens with one attached hydrogen (secondary N) is 1. The molecule has 1 aliphatic heterocycles. The lowest BCUT2D eigenvalue weighted by atomic mass is 9.99. The second-order valence-corrected chi connectivity index (χ2v) is 4.94. The van der Waals surface area contributed by atoms with E-state index >= 15 is 0 Å². The molecule has 0 spiro atoms. The average molecular weight is 247 g/mol. The fraction of sp³-hybridized carbons (Fsp3) is 0.571. The van der Waals surface area contributed by atoms with Gasteiger partial charge in [-0.05, 0) is 37.8 Å². The van der Waals surface area contributed by atoms with Gasteiger partial charge in [0.15, 0.2) is 0 Å². The molecule has 0 aromatic carbocycles. The van der Waals surface area contributed by atoms with Crippen LogP contribution in [-0.2, 0) is 0 Å². The van der Waals surface area contributed by atoms with E-state index in [9.17, 15) is 4.79 Å². The van der Waals surface area contributed by atoms with Crippen molar-refractivity contribution >= 4 is 11.6 Å². The minimum Gasteiger partial charge on any atom is -0.384 e. The molecular formula is C14H21N3O. The lowest BCUT2D eigenvalue weighted by Crippen LogP contribution is -2.38. The summed E-state index contributed by atoms with van der Waals surface area (Å²) in [5.41, 5.74) is 1.51. The van der Waals surface area contributed by atoms with Crippen LogP contribution in [0.1, 0.15) is 37.2 Å². The summed E-state index contributed by atoms with van der Waals surface area (Å²) < 4.78 is 0. The summed E-state index contributed by atoms with van der Waals surface area (Å²) in [5, 5.41) is 3.17. The Morgan fingerprint density at radius 1 is 1.44 bits per heavy atom. The number of amides is 1. The molecule has 1 aromatic heterocycles. The van der Waals surface area contributed by atoms with Crippen molar-refractivity contribution in [1.29, 1.82) is 0 Å². The second-order valence-electron chi connectivity index (χ2n) is 4.94. The zero-order valence-corrected chi connectivity index (χ0v) is 11.1. The van der Waals surface area contributed by atoms with Gasteiger partial charge < -0.3 is 10.2 Å². The van der Waals surface area contributed by atoms with Gasteiger partial charge in [0.2, 0.25) is 0 Å². The second kappa shape index (κ2) is 5.85. The van der Waals surface area contributed by atoms with E-state index in [2.05, 4.69) is 17.2 Å². The molecule has 1 saturated heterocycles. The van der Waals surface area contributed by atoms with E-state index in [4.69, 9.17) is 0 Å². The highest BCUT2D eigenvalue weighted by atomic mass is 16.2. The minimum absolute atomic E-state index is 0.0601. The molecule has 2 heterocycles. The van der Waals surface area contributed by atoms with Gasteiger partial charge in [0, 0.05) is 19.6 Å². The lowest BCUT2D eigenvalue weighted by Gasteiger charge is -2.30. The number of hydrogen-bond acceptors (Lipinski definition) is 3. The summed E-state index contributed by atoms with van der Waals surface area (Å²) in [6, 6.07) is 3.72. The van der Waals surface area contributed by atoms with Crippen LogP contribution in [0.5, 0.6) is 0 Å². The molecule has 1 amide bonds. The molecule has 0 bridgehead atoms. The van der Waals surface area contributed by atoms with Crippen LogP contribution in [-0.4, -0.2) is 35.4 Å². The third-order valence-electron chi connectivity index (χ3n) is 3.43. The minimum atomic E-state index is 0.0601. The molecule has 1 N–H and O–H groups in total. The first-order chi connectivity index (χ1) is 8.70. The SMILES string of the molecule is CCNc1ccc(C(=O)N2CCC(C)CC2)nc1. The van der Waals surface area contributed by atoms with Crippen LogP contribution < -0.4 is 5.32 Å². The maximum Gasteiger partial charge on any atom is 0.272 e. The first-order valence-electron chi connectivity index (χ1n) is 6.70. The average Bonchev–Trinajstić information content (AvgIpc) is 2.40. The summed E-state index contributed by atoms with van der Waals surface area (Å²) in [6.07, 6.45) is 3.92. The summed E-state index contributed by atoms with van der Waals surface area (Å²) in [4.78, 5) is 18.4. The molecule has 4 heteroatoms. The van der Waals surface area contributed by atoms with Crippen LogP contribution in [0.15, 0.2) is 18.3 Å². The van der Waals surface area contributed by atoms with Crippen LogP contribution in [0.3, 0.4) is 0 Å². The largest absolute Gasteiger partial charge is 0.384 e. The third-order valence-corrected chi connectivity index (χ3v) is 3.43. The van der Waals surface area contributed by atoms with Gasteiger partial charge in [-0.3, -0.25) is 4.79 Å². The molecule has 1 aliphatic rings. The summed E-state index contributed by atoms with van der Waals surface area (Å²) >= 11 is 0. The van der Waals surface area contributed by atoms with E-state index in [0.29, 0.717) is 5.69 Å². The van der Waals surface area contributed by atoms with Crippen LogP contribution in [0.4, 0.5) is 5.69 Å². The van der Waals surface area contributed by atoms with E-state index in [0.717, 1.165) is 44.1 Å². The zero-order valence-electron chi connectivity index (χ0n) is 11.1. The first kappa shape index (κ1) is 12.9. The fourth-order valence-corrected chi connectivity index (χ4v) is 2.20. The highest BCUT2D eigenvalue weighted by molar-refractivity contribution is 5.92. The van der Waals surface area contributed by atoms with E-state index in [1.165, 1.54) is 0 Å². The molecule has 1 fully saturated rings. The molecule has 4 nitrogen and oxygen atoms in total. The number of rotatable bonds is 3. The normalized spacial score (nSPS) is 16.7. The van der Waals surface area contributed by atoms with Crippen molar-refractivity contribution in [2.45, 2.75) is 26.7 Å². The summed E-state index contributed by atoms with van der Waals surface area (Å²) in [5.74, 6) is 0.795. The number of hydrogen-bond donors (Lipinski definition) is 1. The Balaban J connectivity index is 2.00. The van der Waals surface area contributed by atoms with Crippen molar-refractivity contribution in [3.05, 3.63) is 24.0 Å². The van der Waals surface area contributed by atoms with E-state index in [1.807, 2.05) is 17.9 Å². The molecule has 0 aliphatic carbocycles. The standard InChI is InChI=1S/C14H21N3O/c1-3-15-12-4-5-13(16-10-12)14(18)17-8-6-11(2)7-9-17/h4-5,10-11,15H,3,6-9H2,1-2H3. The van der Waals surface area contributed by atoms with Crippen LogP contribution in [0.25, 0.3) is 0 Å². The highest BCUT2D eigenvalue weighted by Gasteiger charge is 2.21. The van der Waals surface area contributed by atoms with Gasteiger partial charge in [0.05, 0.1) is 11.9 Å². The van der Waals surface area contributed by atoms with E-state index in [-0.39, 0.29) is 5.91 Å². The van der Waals surface area contributed by atoms with Crippen molar-refractivity contribution in [2.24, 2.45) is 5.92 Å². The van der Waals surface area contributed by atoms with Gasteiger partial charge in [-0.2, -0.15) is 0 Å². The topological polar surface area (TPSA) is 45.2 Å². The van der Waals surface area contributed by atoms with Gasteiger partial charge in [-0.1, -0.05) is 6.92 Å². The zero-order chi connectivity index (χ0) is 13.0. The molecule has 0 unspecified atom stereocenters. The van der Waals surface area contributed by atoms with Crippen molar-refractivity contribution in [3.8, 4) is 0 Å². The number of aromatic nitrogens is 1. The Kier molecular flexibility index (Phi) is 4.18. The lowest BCUT2D eigenvalue weighted by molar-refractivity contribution is 0.0691. The smallest absolute Gasteiger partial charge is 0.272 e. The number of carbonyl (C=O) groups is 1. The van der Waals surface area contributed by atoms with Crippen LogP contribution in [0, 0.1) is 5.92 Å².